The SMILES string of the molecule is c1ccc(-c2nc(-c3ccccc3)nc(-n3c4ccccc4c4cc5c(cc43)c3ccccc3n5-c3cccc(-c4ccc5c6ccccc6c6ccccc6c5c4)c3)n2)cc1. The topological polar surface area (TPSA) is 48.5 Å². The molecule has 3 heterocycles. The smallest absolute Gasteiger partial charge is 0.238 e. The van der Waals surface area contributed by atoms with E-state index in [-0.39, 0.29) is 0 Å². The highest BCUT2D eigenvalue weighted by Gasteiger charge is 2.21. The van der Waals surface area contributed by atoms with Crippen molar-refractivity contribution in [2.24, 2.45) is 0 Å². The van der Waals surface area contributed by atoms with Crippen molar-refractivity contribution in [1.29, 1.82) is 0 Å². The van der Waals surface area contributed by atoms with Gasteiger partial charge in [-0.3, -0.25) is 4.57 Å². The monoisotopic (exact) mass is 789 g/mol. The summed E-state index contributed by atoms with van der Waals surface area (Å²) in [4.78, 5) is 15.4. The second kappa shape index (κ2) is 13.6. The van der Waals surface area contributed by atoms with E-state index in [2.05, 4.69) is 185 Å². The van der Waals surface area contributed by atoms with Crippen LogP contribution in [0.1, 0.15) is 0 Å². The summed E-state index contributed by atoms with van der Waals surface area (Å²) in [5.41, 5.74) is 9.70. The molecule has 288 valence electrons. The van der Waals surface area contributed by atoms with Crippen molar-refractivity contribution in [2.45, 2.75) is 0 Å². The largest absolute Gasteiger partial charge is 0.309 e. The Morgan fingerprint density at radius 1 is 0.242 bits per heavy atom. The van der Waals surface area contributed by atoms with E-state index in [1.54, 1.807) is 0 Å². The second-order valence-corrected chi connectivity index (χ2v) is 16.0. The number of rotatable bonds is 5. The van der Waals surface area contributed by atoms with Gasteiger partial charge in [-0.25, -0.2) is 4.98 Å². The highest BCUT2D eigenvalue weighted by molar-refractivity contribution is 6.26. The van der Waals surface area contributed by atoms with Crippen molar-refractivity contribution in [3.8, 4) is 45.5 Å². The first-order valence-corrected chi connectivity index (χ1v) is 21.0. The Bertz CT molecular complexity index is 3830. The summed E-state index contributed by atoms with van der Waals surface area (Å²) in [5, 5.41) is 12.3. The Labute approximate surface area is 356 Å². The zero-order chi connectivity index (χ0) is 40.7. The van der Waals surface area contributed by atoms with Gasteiger partial charge in [-0.1, -0.05) is 170 Å². The van der Waals surface area contributed by atoms with Crippen molar-refractivity contribution >= 4 is 75.9 Å². The number of hydrogen-bond donors (Lipinski definition) is 0. The summed E-state index contributed by atoms with van der Waals surface area (Å²) in [6.45, 7) is 0. The van der Waals surface area contributed by atoms with Crippen LogP contribution in [0.2, 0.25) is 0 Å². The first kappa shape index (κ1) is 34.5. The van der Waals surface area contributed by atoms with E-state index >= 15 is 0 Å². The Morgan fingerprint density at radius 2 is 0.677 bits per heavy atom. The lowest BCUT2D eigenvalue weighted by Crippen LogP contribution is -2.06. The van der Waals surface area contributed by atoms with Crippen LogP contribution in [0, 0.1) is 0 Å². The van der Waals surface area contributed by atoms with Gasteiger partial charge >= 0.3 is 0 Å². The van der Waals surface area contributed by atoms with E-state index in [0.717, 1.165) is 55.0 Å². The van der Waals surface area contributed by atoms with Gasteiger partial charge < -0.3 is 4.57 Å². The molecule has 5 heteroatoms. The quantitative estimate of drug-likeness (QED) is 0.163. The Balaban J connectivity index is 1.03. The molecule has 62 heavy (non-hydrogen) atoms. The van der Waals surface area contributed by atoms with Gasteiger partial charge in [0, 0.05) is 38.4 Å². The third kappa shape index (κ3) is 5.25. The fraction of sp³-hybridized carbons (Fsp3) is 0. The maximum atomic E-state index is 5.19. The molecule has 3 aromatic heterocycles. The summed E-state index contributed by atoms with van der Waals surface area (Å²) in [6.07, 6.45) is 0. The van der Waals surface area contributed by atoms with Gasteiger partial charge in [-0.05, 0) is 85.9 Å². The predicted octanol–water partition coefficient (Wildman–Crippen LogP) is 14.5. The van der Waals surface area contributed by atoms with Crippen LogP contribution in [0.4, 0.5) is 0 Å². The van der Waals surface area contributed by atoms with Gasteiger partial charge in [0.25, 0.3) is 0 Å². The highest BCUT2D eigenvalue weighted by Crippen LogP contribution is 2.41. The lowest BCUT2D eigenvalue weighted by molar-refractivity contribution is 0.954. The Kier molecular flexibility index (Phi) is 7.54. The van der Waals surface area contributed by atoms with Gasteiger partial charge in [-0.2, -0.15) is 9.97 Å². The molecule has 13 rings (SSSR count). The maximum Gasteiger partial charge on any atom is 0.238 e. The first-order chi connectivity index (χ1) is 30.7. The lowest BCUT2D eigenvalue weighted by Gasteiger charge is -2.13. The van der Waals surface area contributed by atoms with Crippen molar-refractivity contribution in [1.82, 2.24) is 24.1 Å². The van der Waals surface area contributed by atoms with Gasteiger partial charge in [0.05, 0.1) is 22.1 Å². The summed E-state index contributed by atoms with van der Waals surface area (Å²) in [5.74, 6) is 1.84. The van der Waals surface area contributed by atoms with Gasteiger partial charge in [-0.15, -0.1) is 0 Å². The maximum absolute atomic E-state index is 5.19. The third-order valence-electron chi connectivity index (χ3n) is 12.5. The van der Waals surface area contributed by atoms with Crippen LogP contribution in [0.15, 0.2) is 212 Å². The highest BCUT2D eigenvalue weighted by atomic mass is 15.2. The van der Waals surface area contributed by atoms with E-state index in [9.17, 15) is 0 Å². The van der Waals surface area contributed by atoms with E-state index in [0.29, 0.717) is 17.6 Å². The fourth-order valence-electron chi connectivity index (χ4n) is 9.73. The zero-order valence-electron chi connectivity index (χ0n) is 33.4. The van der Waals surface area contributed by atoms with E-state index in [4.69, 9.17) is 15.0 Å². The van der Waals surface area contributed by atoms with Crippen LogP contribution < -0.4 is 0 Å². The molecule has 0 N–H and O–H groups in total. The molecule has 0 unspecified atom stereocenters. The lowest BCUT2D eigenvalue weighted by atomic mass is 9.92. The molecule has 13 aromatic rings. The summed E-state index contributed by atoms with van der Waals surface area (Å²) in [6, 6.07) is 75.8. The molecular formula is C57H35N5. The molecule has 0 spiro atoms. The fourth-order valence-corrected chi connectivity index (χ4v) is 9.73. The molecule has 0 saturated carbocycles. The second-order valence-electron chi connectivity index (χ2n) is 16.0. The minimum absolute atomic E-state index is 0.579. The standard InChI is InChI=1S/C57H35N5/c1-3-16-36(17-4-1)55-58-56(37-18-5-2-6-19-37)60-57(59-55)62-52-29-14-12-27-47(52)50-34-53-49(35-54(50)62)46-26-11-13-28-51(46)61(53)40-21-15-20-38(32-40)39-30-31-45-43-24-8-7-22-41(43)42-23-9-10-25-44(42)48(45)33-39/h1-35H. The van der Waals surface area contributed by atoms with Crippen LogP contribution in [0.5, 0.6) is 0 Å². The van der Waals surface area contributed by atoms with Crippen molar-refractivity contribution in [2.75, 3.05) is 0 Å². The third-order valence-corrected chi connectivity index (χ3v) is 12.5. The predicted molar refractivity (Wildman–Crippen MR) is 257 cm³/mol. The van der Waals surface area contributed by atoms with Crippen molar-refractivity contribution in [3.63, 3.8) is 0 Å². The average Bonchev–Trinajstić information content (AvgIpc) is 3.85. The van der Waals surface area contributed by atoms with Crippen molar-refractivity contribution < 1.29 is 0 Å². The normalized spacial score (nSPS) is 11.9. The minimum Gasteiger partial charge on any atom is -0.309 e. The van der Waals surface area contributed by atoms with Gasteiger partial charge in [0.15, 0.2) is 11.6 Å². The minimum atomic E-state index is 0.579. The van der Waals surface area contributed by atoms with Gasteiger partial charge in [0.1, 0.15) is 0 Å². The molecule has 5 nitrogen and oxygen atoms in total. The van der Waals surface area contributed by atoms with Crippen LogP contribution in [-0.4, -0.2) is 24.1 Å². The molecule has 10 aromatic carbocycles. The number of nitrogens with zero attached hydrogens (tertiary/aromatic N) is 5. The summed E-state index contributed by atoms with van der Waals surface area (Å²) < 4.78 is 4.64. The van der Waals surface area contributed by atoms with Crippen LogP contribution in [0.25, 0.3) is 121 Å². The van der Waals surface area contributed by atoms with E-state index < -0.39 is 0 Å². The number of para-hydroxylation sites is 2. The average molecular weight is 790 g/mol. The molecule has 0 radical (unpaired) electrons. The molecule has 0 aliphatic heterocycles. The number of benzene rings is 10. The van der Waals surface area contributed by atoms with Crippen LogP contribution >= 0.6 is 0 Å². The van der Waals surface area contributed by atoms with Gasteiger partial charge in [0.2, 0.25) is 5.95 Å². The Hall–Kier alpha value is -8.41. The molecule has 0 aliphatic rings. The molecule has 0 atom stereocenters. The molecular weight excluding hydrogens is 755 g/mol. The number of fused-ring (bicyclic) bond motifs is 12. The molecule has 0 amide bonds. The summed E-state index contributed by atoms with van der Waals surface area (Å²) in [7, 11) is 0. The molecule has 0 saturated heterocycles. The number of hydrogen-bond acceptors (Lipinski definition) is 3. The molecule has 0 bridgehead atoms. The van der Waals surface area contributed by atoms with Crippen molar-refractivity contribution in [3.05, 3.63) is 212 Å². The number of aromatic nitrogens is 5. The molecule has 0 fully saturated rings. The summed E-state index contributed by atoms with van der Waals surface area (Å²) >= 11 is 0. The Morgan fingerprint density at radius 3 is 1.26 bits per heavy atom. The first-order valence-electron chi connectivity index (χ1n) is 21.0. The van der Waals surface area contributed by atoms with E-state index in [1.165, 1.54) is 48.8 Å². The van der Waals surface area contributed by atoms with Crippen LogP contribution in [0.3, 0.4) is 0 Å². The molecule has 0 aliphatic carbocycles. The van der Waals surface area contributed by atoms with Crippen LogP contribution in [-0.2, 0) is 0 Å². The van der Waals surface area contributed by atoms with E-state index in [1.807, 2.05) is 36.4 Å². The zero-order valence-corrected chi connectivity index (χ0v) is 33.4.